The molecule has 0 fully saturated rings. The molecule has 0 aliphatic carbocycles. The molecule has 0 spiro atoms. The van der Waals surface area contributed by atoms with Crippen LogP contribution in [0.5, 0.6) is 0 Å². The molecule has 0 saturated carbocycles. The Labute approximate surface area is 163 Å². The van der Waals surface area contributed by atoms with E-state index in [4.69, 9.17) is 46.9 Å². The Morgan fingerprint density at radius 2 is 1.52 bits per heavy atom. The normalized spacial score (nSPS) is 10.6. The maximum Gasteiger partial charge on any atom is 0.417 e. The molecule has 0 bridgehead atoms. The largest absolute Gasteiger partial charge is 0.417 e. The first kappa shape index (κ1) is 21.6. The van der Waals surface area contributed by atoms with Crippen LogP contribution in [0.2, 0.25) is 10.0 Å². The Hall–Kier alpha value is -1.41. The molecule has 0 amide bonds. The van der Waals surface area contributed by atoms with Gasteiger partial charge in [0.15, 0.2) is 0 Å². The van der Waals surface area contributed by atoms with Crippen molar-refractivity contribution in [3.8, 4) is 0 Å². The van der Waals surface area contributed by atoms with Crippen LogP contribution in [0.1, 0.15) is 16.7 Å². The van der Waals surface area contributed by atoms with Crippen molar-refractivity contribution in [3.05, 3.63) is 69.2 Å². The van der Waals surface area contributed by atoms with Crippen LogP contribution in [-0.2, 0) is 12.6 Å². The summed E-state index contributed by atoms with van der Waals surface area (Å²) in [5.41, 5.74) is 10.9. The van der Waals surface area contributed by atoms with Crippen molar-refractivity contribution in [3.63, 3.8) is 0 Å². The lowest BCUT2D eigenvalue weighted by Gasteiger charge is -2.09. The average molecular weight is 425 g/mol. The van der Waals surface area contributed by atoms with E-state index in [0.717, 1.165) is 22.7 Å². The zero-order chi connectivity index (χ0) is 19.2. The standard InChI is InChI=1S/C8H5ClF3NS.C8H8ClNS/c9-6-2-1-4(7(13)14)3-5(6)8(10,11)12;9-7-3-1-6(2-4-7)5-8(10)11/h1-3H,(H2,13,14);1-4H,5H2,(H2,10,11). The maximum absolute atomic E-state index is 12.3. The lowest BCUT2D eigenvalue weighted by Crippen LogP contribution is -2.12. The molecular formula is C16H13Cl2F3N2S2. The molecule has 4 N–H and O–H groups in total. The van der Waals surface area contributed by atoms with Crippen molar-refractivity contribution in [1.82, 2.24) is 0 Å². The Morgan fingerprint density at radius 3 is 1.96 bits per heavy atom. The van der Waals surface area contributed by atoms with Gasteiger partial charge in [0, 0.05) is 17.0 Å². The van der Waals surface area contributed by atoms with Crippen LogP contribution in [0.25, 0.3) is 0 Å². The number of hydrogen-bond acceptors (Lipinski definition) is 2. The highest BCUT2D eigenvalue weighted by Gasteiger charge is 2.33. The highest BCUT2D eigenvalue weighted by molar-refractivity contribution is 7.80. The van der Waals surface area contributed by atoms with Gasteiger partial charge >= 0.3 is 6.18 Å². The second kappa shape index (κ2) is 9.33. The summed E-state index contributed by atoms with van der Waals surface area (Å²) in [4.78, 5) is 0.416. The van der Waals surface area contributed by atoms with E-state index in [2.05, 4.69) is 12.2 Å². The topological polar surface area (TPSA) is 52.0 Å². The maximum atomic E-state index is 12.3. The first-order chi connectivity index (χ1) is 11.5. The van der Waals surface area contributed by atoms with E-state index in [1.165, 1.54) is 6.07 Å². The van der Waals surface area contributed by atoms with Gasteiger partial charge in [0.1, 0.15) is 4.99 Å². The van der Waals surface area contributed by atoms with E-state index in [0.29, 0.717) is 11.4 Å². The summed E-state index contributed by atoms with van der Waals surface area (Å²) in [5, 5.41) is 0.370. The minimum Gasteiger partial charge on any atom is -0.393 e. The van der Waals surface area contributed by atoms with Gasteiger partial charge in [0.05, 0.1) is 15.6 Å². The molecule has 9 heteroatoms. The second-order valence-electron chi connectivity index (χ2n) is 4.83. The third-order valence-corrected chi connectivity index (χ3v) is 3.81. The quantitative estimate of drug-likeness (QED) is 0.667. The van der Waals surface area contributed by atoms with Gasteiger partial charge in [-0.15, -0.1) is 0 Å². The summed E-state index contributed by atoms with van der Waals surface area (Å²) in [5.74, 6) is 0. The predicted molar refractivity (Wildman–Crippen MR) is 104 cm³/mol. The fourth-order valence-electron chi connectivity index (χ4n) is 1.70. The lowest BCUT2D eigenvalue weighted by atomic mass is 10.1. The van der Waals surface area contributed by atoms with Crippen molar-refractivity contribution >= 4 is 57.6 Å². The third-order valence-electron chi connectivity index (χ3n) is 2.85. The van der Waals surface area contributed by atoms with E-state index in [1.807, 2.05) is 24.3 Å². The number of thiocarbonyl (C=S) groups is 2. The van der Waals surface area contributed by atoms with Crippen molar-refractivity contribution in [2.45, 2.75) is 12.6 Å². The number of benzene rings is 2. The summed E-state index contributed by atoms with van der Waals surface area (Å²) in [6.45, 7) is 0. The Bertz CT molecular complexity index is 763. The molecule has 25 heavy (non-hydrogen) atoms. The third kappa shape index (κ3) is 7.56. The highest BCUT2D eigenvalue weighted by atomic mass is 35.5. The molecule has 0 saturated heterocycles. The Balaban J connectivity index is 0.000000257. The summed E-state index contributed by atoms with van der Waals surface area (Å²) in [6.07, 6.45) is -3.84. The van der Waals surface area contributed by atoms with E-state index in [9.17, 15) is 13.2 Å². The van der Waals surface area contributed by atoms with Crippen LogP contribution in [0, 0.1) is 0 Å². The zero-order valence-corrected chi connectivity index (χ0v) is 15.8. The summed E-state index contributed by atoms with van der Waals surface area (Å²) in [6, 6.07) is 10.8. The van der Waals surface area contributed by atoms with Crippen LogP contribution in [-0.4, -0.2) is 9.98 Å². The van der Waals surface area contributed by atoms with Gasteiger partial charge in [0.25, 0.3) is 0 Å². The summed E-state index contributed by atoms with van der Waals surface area (Å²) < 4.78 is 37.0. The van der Waals surface area contributed by atoms with Crippen LogP contribution < -0.4 is 11.5 Å². The number of halogens is 5. The Morgan fingerprint density at radius 1 is 0.960 bits per heavy atom. The summed E-state index contributed by atoms with van der Waals surface area (Å²) >= 11 is 20.4. The highest BCUT2D eigenvalue weighted by Crippen LogP contribution is 2.35. The number of rotatable bonds is 3. The molecule has 0 heterocycles. The molecule has 0 unspecified atom stereocenters. The van der Waals surface area contributed by atoms with Crippen LogP contribution in [0.3, 0.4) is 0 Å². The molecular weight excluding hydrogens is 412 g/mol. The SMILES string of the molecule is NC(=S)Cc1ccc(Cl)cc1.NC(=S)c1ccc(Cl)c(C(F)(F)F)c1. The van der Waals surface area contributed by atoms with Crippen LogP contribution >= 0.6 is 47.6 Å². The van der Waals surface area contributed by atoms with Gasteiger partial charge in [-0.2, -0.15) is 13.2 Å². The van der Waals surface area contributed by atoms with Gasteiger partial charge in [-0.25, -0.2) is 0 Å². The molecule has 0 radical (unpaired) electrons. The van der Waals surface area contributed by atoms with Crippen molar-refractivity contribution in [1.29, 1.82) is 0 Å². The van der Waals surface area contributed by atoms with Gasteiger partial charge in [-0.1, -0.05) is 65.8 Å². The van der Waals surface area contributed by atoms with E-state index in [-0.39, 0.29) is 15.6 Å². The van der Waals surface area contributed by atoms with Gasteiger partial charge in [0.2, 0.25) is 0 Å². The predicted octanol–water partition coefficient (Wildman–Crippen LogP) is 5.16. The zero-order valence-electron chi connectivity index (χ0n) is 12.6. The first-order valence-electron chi connectivity index (χ1n) is 6.70. The van der Waals surface area contributed by atoms with Gasteiger partial charge < -0.3 is 11.5 Å². The Kier molecular flexibility index (Phi) is 8.08. The van der Waals surface area contributed by atoms with E-state index >= 15 is 0 Å². The number of hydrogen-bond donors (Lipinski definition) is 2. The van der Waals surface area contributed by atoms with Crippen molar-refractivity contribution in [2.24, 2.45) is 11.5 Å². The fourth-order valence-corrected chi connectivity index (χ4v) is 2.34. The molecule has 0 aromatic heterocycles. The van der Waals surface area contributed by atoms with E-state index in [1.54, 1.807) is 0 Å². The molecule has 0 atom stereocenters. The molecule has 2 aromatic rings. The van der Waals surface area contributed by atoms with Gasteiger partial charge in [-0.3, -0.25) is 0 Å². The molecule has 0 aliphatic heterocycles. The summed E-state index contributed by atoms with van der Waals surface area (Å²) in [7, 11) is 0. The first-order valence-corrected chi connectivity index (χ1v) is 8.27. The minimum atomic E-state index is -4.49. The fraction of sp³-hybridized carbons (Fsp3) is 0.125. The molecule has 134 valence electrons. The van der Waals surface area contributed by atoms with Gasteiger partial charge in [-0.05, 0) is 29.8 Å². The van der Waals surface area contributed by atoms with Crippen LogP contribution in [0.15, 0.2) is 42.5 Å². The molecule has 2 aromatic carbocycles. The van der Waals surface area contributed by atoms with Crippen molar-refractivity contribution < 1.29 is 13.2 Å². The van der Waals surface area contributed by atoms with Crippen molar-refractivity contribution in [2.75, 3.05) is 0 Å². The molecule has 0 aliphatic rings. The minimum absolute atomic E-state index is 0.0906. The lowest BCUT2D eigenvalue weighted by molar-refractivity contribution is -0.137. The molecule has 2 rings (SSSR count). The second-order valence-corrected chi connectivity index (χ2v) is 6.63. The van der Waals surface area contributed by atoms with E-state index < -0.39 is 11.7 Å². The monoisotopic (exact) mass is 424 g/mol. The number of nitrogens with two attached hydrogens (primary N) is 2. The smallest absolute Gasteiger partial charge is 0.393 e. The van der Waals surface area contributed by atoms with Crippen LogP contribution in [0.4, 0.5) is 13.2 Å². The number of alkyl halides is 3. The average Bonchev–Trinajstić information content (AvgIpc) is 2.49. The molecule has 2 nitrogen and oxygen atoms in total.